The highest BCUT2D eigenvalue weighted by Gasteiger charge is 2.31. The number of thioether (sulfide) groups is 1. The molecule has 1 aliphatic rings. The molecule has 1 aromatic heterocycles. The quantitative estimate of drug-likeness (QED) is 0.397. The first-order chi connectivity index (χ1) is 14.6. The molecule has 2 heterocycles. The van der Waals surface area contributed by atoms with Gasteiger partial charge in [-0.05, 0) is 54.8 Å². The first kappa shape index (κ1) is 20.9. The Kier molecular flexibility index (Phi) is 5.19. The molecule has 0 bridgehead atoms. The minimum Gasteiger partial charge on any atom is -0.481 e. The van der Waals surface area contributed by atoms with E-state index in [1.54, 1.807) is 13.0 Å². The van der Waals surface area contributed by atoms with Gasteiger partial charge < -0.3 is 15.1 Å². The van der Waals surface area contributed by atoms with E-state index in [4.69, 9.17) is 5.11 Å². The van der Waals surface area contributed by atoms with Crippen LogP contribution in [0.25, 0.3) is 22.0 Å². The Hall–Kier alpha value is -3.37. The van der Waals surface area contributed by atoms with E-state index in [1.807, 2.05) is 49.0 Å². The number of aryl methyl sites for hydroxylation is 2. The zero-order chi connectivity index (χ0) is 22.3. The van der Waals surface area contributed by atoms with E-state index >= 15 is 0 Å². The summed E-state index contributed by atoms with van der Waals surface area (Å²) in [5.41, 5.74) is 10.2. The fourth-order valence-electron chi connectivity index (χ4n) is 3.72. The average Bonchev–Trinajstić information content (AvgIpc) is 3.30. The van der Waals surface area contributed by atoms with E-state index in [1.165, 1.54) is 6.07 Å². The molecule has 1 unspecified atom stereocenters. The number of hydrogen-bond donors (Lipinski definition) is 3. The molecule has 0 fully saturated rings. The number of rotatable bonds is 6. The van der Waals surface area contributed by atoms with Gasteiger partial charge in [0.15, 0.2) is 4.99 Å². The number of carbonyl (C=O) groups is 1. The number of aromatic nitrogens is 1. The van der Waals surface area contributed by atoms with Crippen LogP contribution in [0.3, 0.4) is 0 Å². The van der Waals surface area contributed by atoms with Gasteiger partial charge in [-0.3, -0.25) is 14.9 Å². The molecule has 4 rings (SSSR count). The van der Waals surface area contributed by atoms with Gasteiger partial charge in [-0.2, -0.15) is 5.43 Å². The van der Waals surface area contributed by atoms with Crippen LogP contribution in [0, 0.1) is 17.0 Å². The number of nitro benzene ring substituents is 1. The predicted octanol–water partition coefficient (Wildman–Crippen LogP) is 3.41. The number of non-ortho nitro benzene ring substituents is 1. The molecule has 31 heavy (non-hydrogen) atoms. The molecule has 0 aliphatic carbocycles. The fraction of sp³-hybridized carbons (Fsp3) is 0.238. The second-order valence-electron chi connectivity index (χ2n) is 7.56. The maximum atomic E-state index is 11.6. The zero-order valence-corrected chi connectivity index (χ0v) is 18.0. The Morgan fingerprint density at radius 3 is 2.68 bits per heavy atom. The van der Waals surface area contributed by atoms with Gasteiger partial charge in [-0.1, -0.05) is 0 Å². The summed E-state index contributed by atoms with van der Waals surface area (Å²) in [4.78, 5) is 25.7. The van der Waals surface area contributed by atoms with Crippen LogP contribution < -0.4 is 10.9 Å². The van der Waals surface area contributed by atoms with Crippen LogP contribution in [0.4, 0.5) is 5.69 Å². The topological polar surface area (TPSA) is 122 Å². The lowest BCUT2D eigenvalue weighted by atomic mass is 9.98. The van der Waals surface area contributed by atoms with E-state index in [0.717, 1.165) is 33.8 Å². The number of amidine groups is 1. The number of benzene rings is 2. The van der Waals surface area contributed by atoms with Crippen molar-refractivity contribution in [2.45, 2.75) is 18.8 Å². The minimum atomic E-state index is -0.944. The van der Waals surface area contributed by atoms with Gasteiger partial charge in [-0.15, -0.1) is 11.8 Å². The molecule has 0 saturated carbocycles. The van der Waals surface area contributed by atoms with Crippen molar-refractivity contribution >= 4 is 40.2 Å². The molecule has 160 valence electrons. The number of hydrazine groups is 1. The molecule has 0 radical (unpaired) electrons. The van der Waals surface area contributed by atoms with Crippen molar-refractivity contribution in [2.75, 3.05) is 5.75 Å². The van der Waals surface area contributed by atoms with E-state index < -0.39 is 15.9 Å². The summed E-state index contributed by atoms with van der Waals surface area (Å²) in [5, 5.41) is 21.6. The smallest absolute Gasteiger partial charge is 0.313 e. The van der Waals surface area contributed by atoms with Crippen LogP contribution in [0.2, 0.25) is 0 Å². The summed E-state index contributed by atoms with van der Waals surface area (Å²) >= 11 is 1.11. The van der Waals surface area contributed by atoms with Gasteiger partial charge in [0.05, 0.1) is 16.2 Å². The average molecular weight is 439 g/mol. The lowest BCUT2D eigenvalue weighted by molar-refractivity contribution is -0.384. The summed E-state index contributed by atoms with van der Waals surface area (Å²) in [6.45, 7) is 3.76. The lowest BCUT2D eigenvalue weighted by Gasteiger charge is -2.17. The third-order valence-electron chi connectivity index (χ3n) is 5.11. The van der Waals surface area contributed by atoms with Crippen LogP contribution in [0.1, 0.15) is 18.1 Å². The zero-order valence-electron chi connectivity index (χ0n) is 17.2. The molecule has 9 nitrogen and oxygen atoms in total. The van der Waals surface area contributed by atoms with E-state index in [2.05, 4.69) is 15.8 Å². The van der Waals surface area contributed by atoms with E-state index in [-0.39, 0.29) is 11.4 Å². The maximum absolute atomic E-state index is 11.6. The summed E-state index contributed by atoms with van der Waals surface area (Å²) in [6, 6.07) is 10.9. The van der Waals surface area contributed by atoms with Crippen LogP contribution in [-0.4, -0.2) is 37.1 Å². The Morgan fingerprint density at radius 1 is 1.26 bits per heavy atom. The Bertz CT molecular complexity index is 1250. The Morgan fingerprint density at radius 2 is 1.97 bits per heavy atom. The van der Waals surface area contributed by atoms with E-state index in [0.29, 0.717) is 17.0 Å². The molecule has 10 heteroatoms. The van der Waals surface area contributed by atoms with Crippen molar-refractivity contribution in [2.24, 2.45) is 12.0 Å². The summed E-state index contributed by atoms with van der Waals surface area (Å²) in [6.07, 6.45) is 1.98. The van der Waals surface area contributed by atoms with Crippen molar-refractivity contribution in [3.05, 3.63) is 63.8 Å². The van der Waals surface area contributed by atoms with Crippen molar-refractivity contribution in [1.29, 1.82) is 0 Å². The number of carboxylic acids is 1. The first-order valence-electron chi connectivity index (χ1n) is 9.50. The second-order valence-corrected chi connectivity index (χ2v) is 8.93. The summed E-state index contributed by atoms with van der Waals surface area (Å²) in [5.74, 6) is -0.651. The van der Waals surface area contributed by atoms with Crippen LogP contribution >= 0.6 is 11.8 Å². The van der Waals surface area contributed by atoms with Crippen molar-refractivity contribution < 1.29 is 14.8 Å². The first-order valence-corrected chi connectivity index (χ1v) is 10.5. The number of hydrogen-bond acceptors (Lipinski definition) is 7. The SMILES string of the molecule is Cc1cc(-c2cc(C3=NC(C)(SCC(=O)O)NN3)cc([N+](=O)[O-])c2)cc2ccn(C)c12. The minimum absolute atomic E-state index is 0.0467. The van der Waals surface area contributed by atoms with Gasteiger partial charge in [0.25, 0.3) is 5.69 Å². The number of fused-ring (bicyclic) bond motifs is 1. The monoisotopic (exact) mass is 439 g/mol. The van der Waals surface area contributed by atoms with Gasteiger partial charge in [0.1, 0.15) is 5.84 Å². The van der Waals surface area contributed by atoms with Gasteiger partial charge in [0, 0.05) is 36.3 Å². The normalized spacial score (nSPS) is 18.1. The molecule has 1 aliphatic heterocycles. The lowest BCUT2D eigenvalue weighted by Crippen LogP contribution is -2.41. The van der Waals surface area contributed by atoms with Gasteiger partial charge in [0.2, 0.25) is 0 Å². The van der Waals surface area contributed by atoms with Crippen LogP contribution in [0.5, 0.6) is 0 Å². The number of nitro groups is 1. The fourth-order valence-corrected chi connectivity index (χ4v) is 4.40. The molecule has 1 atom stereocenters. The summed E-state index contributed by atoms with van der Waals surface area (Å²) in [7, 11) is 1.98. The second kappa shape index (κ2) is 7.71. The van der Waals surface area contributed by atoms with E-state index in [9.17, 15) is 14.9 Å². The molecule has 0 amide bonds. The Balaban J connectivity index is 1.78. The predicted molar refractivity (Wildman–Crippen MR) is 121 cm³/mol. The van der Waals surface area contributed by atoms with Gasteiger partial charge >= 0.3 is 5.97 Å². The maximum Gasteiger partial charge on any atom is 0.313 e. The van der Waals surface area contributed by atoms with Crippen molar-refractivity contribution in [1.82, 2.24) is 15.4 Å². The number of carboxylic acid groups (broad SMARTS) is 1. The third kappa shape index (κ3) is 4.12. The molecular weight excluding hydrogens is 418 g/mol. The number of aliphatic imine (C=N–C) groups is 1. The summed E-state index contributed by atoms with van der Waals surface area (Å²) < 4.78 is 2.05. The number of aliphatic carboxylic acids is 1. The molecule has 0 spiro atoms. The largest absolute Gasteiger partial charge is 0.481 e. The standard InChI is InChI=1S/C21H21N5O4S/c1-12-6-14(7-13-4-5-25(3)19(12)13)15-8-16(10-17(9-15)26(29)30)20-22-21(2,24-23-20)31-11-18(27)28/h4-10,24H,11H2,1-3H3,(H,22,23)(H,27,28). The molecule has 3 N–H and O–H groups in total. The number of nitrogens with one attached hydrogen (secondary N) is 2. The molecule has 0 saturated heterocycles. The van der Waals surface area contributed by atoms with Gasteiger partial charge in [-0.25, -0.2) is 4.99 Å². The molecule has 2 aromatic carbocycles. The number of nitrogens with zero attached hydrogens (tertiary/aromatic N) is 3. The highest BCUT2D eigenvalue weighted by Crippen LogP contribution is 2.32. The highest BCUT2D eigenvalue weighted by atomic mass is 32.2. The molecule has 3 aromatic rings. The Labute approximate surface area is 182 Å². The highest BCUT2D eigenvalue weighted by molar-refractivity contribution is 8.01. The third-order valence-corrected chi connectivity index (χ3v) is 6.26. The molecular formula is C21H21N5O4S. The van der Waals surface area contributed by atoms with Crippen molar-refractivity contribution in [3.8, 4) is 11.1 Å². The van der Waals surface area contributed by atoms with Crippen LogP contribution in [-0.2, 0) is 11.8 Å². The van der Waals surface area contributed by atoms with Crippen molar-refractivity contribution in [3.63, 3.8) is 0 Å². The van der Waals surface area contributed by atoms with Crippen LogP contribution in [0.15, 0.2) is 47.6 Å².